The van der Waals surface area contributed by atoms with Crippen molar-refractivity contribution in [2.24, 2.45) is 17.3 Å². The fourth-order valence-corrected chi connectivity index (χ4v) is 5.28. The summed E-state index contributed by atoms with van der Waals surface area (Å²) in [6.07, 6.45) is 6.66. The third-order valence-corrected chi connectivity index (χ3v) is 7.42. The Hall–Kier alpha value is -2.07. The van der Waals surface area contributed by atoms with Crippen LogP contribution in [-0.2, 0) is 11.3 Å². The summed E-state index contributed by atoms with van der Waals surface area (Å²) < 4.78 is 6.35. The van der Waals surface area contributed by atoms with Crippen molar-refractivity contribution in [3.05, 3.63) is 42.0 Å². The van der Waals surface area contributed by atoms with Crippen LogP contribution in [-0.4, -0.2) is 35.2 Å². The molecule has 1 N–H and O–H groups in total. The summed E-state index contributed by atoms with van der Waals surface area (Å²) in [5.74, 6) is 0.966. The van der Waals surface area contributed by atoms with Gasteiger partial charge >= 0.3 is 5.97 Å². The zero-order chi connectivity index (χ0) is 22.0. The highest BCUT2D eigenvalue weighted by atomic mass is 16.5. The number of hydrogen-bond acceptors (Lipinski definition) is 3. The molecule has 1 heterocycles. The monoisotopic (exact) mass is 423 g/mol. The molecule has 1 aliphatic carbocycles. The maximum Gasteiger partial charge on any atom is 0.306 e. The van der Waals surface area contributed by atoms with E-state index < -0.39 is 5.97 Å². The number of benzene rings is 2. The topological polar surface area (TPSA) is 49.8 Å². The second-order valence-electron chi connectivity index (χ2n) is 10.7. The van der Waals surface area contributed by atoms with E-state index in [1.54, 1.807) is 0 Å². The Morgan fingerprint density at radius 1 is 0.968 bits per heavy atom. The third kappa shape index (κ3) is 5.60. The number of aliphatic carboxylic acids is 1. The molecule has 31 heavy (non-hydrogen) atoms. The summed E-state index contributed by atoms with van der Waals surface area (Å²) in [4.78, 5) is 13.5. The molecule has 1 aliphatic heterocycles. The van der Waals surface area contributed by atoms with Gasteiger partial charge in [-0.05, 0) is 97.5 Å². The molecule has 0 radical (unpaired) electrons. The third-order valence-electron chi connectivity index (χ3n) is 7.42. The standard InChI is InChI=1S/C27H37NO3/c1-27(2,3)23-7-10-24(11-8-23)31-25-9-6-21-16-19(4-5-22(21)17-25)18-28-14-12-20(13-15-28)26(29)30/h4-6,9,16-17,20,23-24H,7-8,10-15,18H2,1-3H3,(H,29,30)/t23-,24-. The lowest BCUT2D eigenvalue weighted by atomic mass is 9.72. The molecule has 4 rings (SSSR count). The number of carbonyl (C=O) groups is 1. The summed E-state index contributed by atoms with van der Waals surface area (Å²) in [5.41, 5.74) is 1.69. The van der Waals surface area contributed by atoms with E-state index in [9.17, 15) is 9.90 Å². The molecule has 0 bridgehead atoms. The Morgan fingerprint density at radius 2 is 1.61 bits per heavy atom. The first-order chi connectivity index (χ1) is 14.8. The van der Waals surface area contributed by atoms with Crippen molar-refractivity contribution in [3.8, 4) is 5.75 Å². The fraction of sp³-hybridized carbons (Fsp3) is 0.593. The van der Waals surface area contributed by atoms with E-state index in [2.05, 4.69) is 62.1 Å². The van der Waals surface area contributed by atoms with Crippen LogP contribution in [0.2, 0.25) is 0 Å². The van der Waals surface area contributed by atoms with Crippen molar-refractivity contribution in [1.82, 2.24) is 4.90 Å². The molecule has 168 valence electrons. The van der Waals surface area contributed by atoms with Gasteiger partial charge in [-0.2, -0.15) is 0 Å². The van der Waals surface area contributed by atoms with E-state index in [1.807, 2.05) is 0 Å². The zero-order valence-corrected chi connectivity index (χ0v) is 19.3. The molecule has 1 saturated heterocycles. The largest absolute Gasteiger partial charge is 0.490 e. The summed E-state index contributed by atoms with van der Waals surface area (Å²) >= 11 is 0. The molecule has 4 heteroatoms. The minimum absolute atomic E-state index is 0.171. The Bertz CT molecular complexity index is 900. The van der Waals surface area contributed by atoms with Crippen molar-refractivity contribution < 1.29 is 14.6 Å². The lowest BCUT2D eigenvalue weighted by Crippen LogP contribution is -2.35. The first-order valence-corrected chi connectivity index (χ1v) is 11.9. The number of ether oxygens (including phenoxy) is 1. The Kier molecular flexibility index (Phi) is 6.57. The predicted octanol–water partition coefficient (Wildman–Crippen LogP) is 6.12. The summed E-state index contributed by atoms with van der Waals surface area (Å²) in [7, 11) is 0. The molecule has 2 aliphatic rings. The number of rotatable bonds is 5. The fourth-order valence-electron chi connectivity index (χ4n) is 5.28. The van der Waals surface area contributed by atoms with E-state index in [0.717, 1.165) is 57.0 Å². The number of carboxylic acids is 1. The van der Waals surface area contributed by atoms with E-state index in [4.69, 9.17) is 4.74 Å². The number of likely N-dealkylation sites (tertiary alicyclic amines) is 1. The van der Waals surface area contributed by atoms with Gasteiger partial charge < -0.3 is 9.84 Å². The second-order valence-corrected chi connectivity index (χ2v) is 10.7. The lowest BCUT2D eigenvalue weighted by molar-refractivity contribution is -0.143. The van der Waals surface area contributed by atoms with Gasteiger partial charge in [0.2, 0.25) is 0 Å². The van der Waals surface area contributed by atoms with Gasteiger partial charge in [0.1, 0.15) is 5.75 Å². The minimum atomic E-state index is -0.648. The molecule has 0 unspecified atom stereocenters. The normalized spacial score (nSPS) is 23.7. The molecular formula is C27H37NO3. The first-order valence-electron chi connectivity index (χ1n) is 11.9. The highest BCUT2D eigenvalue weighted by Crippen LogP contribution is 2.39. The van der Waals surface area contributed by atoms with Gasteiger partial charge in [0, 0.05) is 6.54 Å². The Balaban J connectivity index is 1.34. The predicted molar refractivity (Wildman–Crippen MR) is 125 cm³/mol. The molecule has 2 fully saturated rings. The molecule has 4 nitrogen and oxygen atoms in total. The van der Waals surface area contributed by atoms with E-state index in [1.165, 1.54) is 29.2 Å². The number of nitrogens with zero attached hydrogens (tertiary/aromatic N) is 1. The van der Waals surface area contributed by atoms with Crippen LogP contribution in [0.4, 0.5) is 0 Å². The molecule has 2 aromatic carbocycles. The van der Waals surface area contributed by atoms with Gasteiger partial charge in [0.15, 0.2) is 0 Å². The summed E-state index contributed by atoms with van der Waals surface area (Å²) in [6, 6.07) is 13.1. The van der Waals surface area contributed by atoms with Gasteiger partial charge in [-0.25, -0.2) is 0 Å². The van der Waals surface area contributed by atoms with Gasteiger partial charge in [-0.1, -0.05) is 39.0 Å². The van der Waals surface area contributed by atoms with Crippen molar-refractivity contribution >= 4 is 16.7 Å². The zero-order valence-electron chi connectivity index (χ0n) is 19.3. The Labute approximate surface area is 186 Å². The SMILES string of the molecule is CC(C)(C)[C@H]1CC[C@H](Oc2ccc3cc(CN4CCC(C(=O)O)CC4)ccc3c2)CC1. The van der Waals surface area contributed by atoms with Gasteiger partial charge in [-0.3, -0.25) is 9.69 Å². The van der Waals surface area contributed by atoms with E-state index >= 15 is 0 Å². The highest BCUT2D eigenvalue weighted by molar-refractivity contribution is 5.84. The summed E-state index contributed by atoms with van der Waals surface area (Å²) in [5, 5.41) is 11.6. The van der Waals surface area contributed by atoms with Crippen molar-refractivity contribution in [3.63, 3.8) is 0 Å². The maximum absolute atomic E-state index is 11.1. The first kappa shape index (κ1) is 22.1. The Morgan fingerprint density at radius 3 is 2.26 bits per heavy atom. The second kappa shape index (κ2) is 9.20. The van der Waals surface area contributed by atoms with E-state index in [0.29, 0.717) is 11.5 Å². The number of fused-ring (bicyclic) bond motifs is 1. The van der Waals surface area contributed by atoms with Crippen LogP contribution in [0.15, 0.2) is 36.4 Å². The van der Waals surface area contributed by atoms with Gasteiger partial charge in [-0.15, -0.1) is 0 Å². The van der Waals surface area contributed by atoms with Crippen LogP contribution < -0.4 is 4.74 Å². The molecule has 0 spiro atoms. The summed E-state index contributed by atoms with van der Waals surface area (Å²) in [6.45, 7) is 9.67. The number of hydrogen-bond donors (Lipinski definition) is 1. The van der Waals surface area contributed by atoms with Crippen molar-refractivity contribution in [2.75, 3.05) is 13.1 Å². The number of carboxylic acid groups (broad SMARTS) is 1. The molecule has 0 atom stereocenters. The van der Waals surface area contributed by atoms with Crippen LogP contribution in [0.3, 0.4) is 0 Å². The molecule has 0 aromatic heterocycles. The van der Waals surface area contributed by atoms with Gasteiger partial charge in [0.25, 0.3) is 0 Å². The quantitative estimate of drug-likeness (QED) is 0.629. The molecular weight excluding hydrogens is 386 g/mol. The van der Waals surface area contributed by atoms with E-state index in [-0.39, 0.29) is 5.92 Å². The lowest BCUT2D eigenvalue weighted by Gasteiger charge is -2.37. The van der Waals surface area contributed by atoms with Crippen LogP contribution in [0.5, 0.6) is 5.75 Å². The van der Waals surface area contributed by atoms with Crippen LogP contribution in [0, 0.1) is 17.3 Å². The average molecular weight is 424 g/mol. The van der Waals surface area contributed by atoms with Crippen LogP contribution >= 0.6 is 0 Å². The van der Waals surface area contributed by atoms with Crippen LogP contribution in [0.1, 0.15) is 64.9 Å². The molecule has 0 amide bonds. The van der Waals surface area contributed by atoms with Gasteiger partial charge in [0.05, 0.1) is 12.0 Å². The van der Waals surface area contributed by atoms with Crippen molar-refractivity contribution in [1.29, 1.82) is 0 Å². The molecule has 2 aromatic rings. The minimum Gasteiger partial charge on any atom is -0.490 e. The maximum atomic E-state index is 11.1. The smallest absolute Gasteiger partial charge is 0.306 e. The van der Waals surface area contributed by atoms with Crippen LogP contribution in [0.25, 0.3) is 10.8 Å². The number of piperidine rings is 1. The molecule has 1 saturated carbocycles. The highest BCUT2D eigenvalue weighted by Gasteiger charge is 2.30. The van der Waals surface area contributed by atoms with Crippen molar-refractivity contribution in [2.45, 2.75) is 71.9 Å². The average Bonchev–Trinajstić information content (AvgIpc) is 2.74.